The molecule has 1 saturated carbocycles. The van der Waals surface area contributed by atoms with E-state index < -0.39 is 6.04 Å². The first kappa shape index (κ1) is 40.1. The number of rotatable bonds is 13. The van der Waals surface area contributed by atoms with Crippen LogP contribution in [0.4, 0.5) is 5.69 Å². The summed E-state index contributed by atoms with van der Waals surface area (Å²) in [4.78, 5) is 43.7. The Labute approximate surface area is 363 Å². The molecule has 10 heteroatoms. The van der Waals surface area contributed by atoms with E-state index in [9.17, 15) is 14.4 Å². The predicted molar refractivity (Wildman–Crippen MR) is 238 cm³/mol. The molecular formula is C52H54N4O6. The van der Waals surface area contributed by atoms with Crippen LogP contribution in [0.1, 0.15) is 87.7 Å². The van der Waals surface area contributed by atoms with Crippen LogP contribution in [0, 0.1) is 0 Å². The molecule has 0 spiro atoms. The lowest BCUT2D eigenvalue weighted by molar-refractivity contribution is -0.136. The van der Waals surface area contributed by atoms with Crippen molar-refractivity contribution in [2.24, 2.45) is 0 Å². The second kappa shape index (κ2) is 17.8. The smallest absolute Gasteiger partial charge is 0.255 e. The van der Waals surface area contributed by atoms with E-state index in [2.05, 4.69) is 118 Å². The molecular weight excluding hydrogens is 777 g/mol. The Kier molecular flexibility index (Phi) is 11.5. The average molecular weight is 831 g/mol. The van der Waals surface area contributed by atoms with E-state index in [0.29, 0.717) is 37.7 Å². The minimum absolute atomic E-state index is 0.135. The van der Waals surface area contributed by atoms with Gasteiger partial charge in [0.15, 0.2) is 0 Å². The normalized spacial score (nSPS) is 23.6. The SMILES string of the molecule is O=C1CCC(N2Cc3cc(N4CCN(CCO[C@H]5C[C@H](Oc6ccc([C@@H]7c8ccc(OCc9ccccc9)cc8CC[C@@H]7c7ccccc7)cc6)C5)CC4)ccc3C2=O)C(=O)N1. The number of hydrogen-bond donors (Lipinski definition) is 1. The van der Waals surface area contributed by atoms with Crippen molar-refractivity contribution in [2.45, 2.75) is 81.8 Å². The maximum Gasteiger partial charge on any atom is 0.255 e. The molecule has 0 aromatic heterocycles. The molecule has 2 aliphatic carbocycles. The van der Waals surface area contributed by atoms with Gasteiger partial charge in [-0.15, -0.1) is 0 Å². The van der Waals surface area contributed by atoms with Gasteiger partial charge in [-0.25, -0.2) is 0 Å². The number of piperazine rings is 1. The molecule has 3 amide bonds. The van der Waals surface area contributed by atoms with Crippen molar-refractivity contribution in [2.75, 3.05) is 44.2 Å². The first-order valence-electron chi connectivity index (χ1n) is 22.4. The molecule has 0 radical (unpaired) electrons. The van der Waals surface area contributed by atoms with Gasteiger partial charge >= 0.3 is 0 Å². The largest absolute Gasteiger partial charge is 0.490 e. The van der Waals surface area contributed by atoms with Crippen molar-refractivity contribution in [3.05, 3.63) is 160 Å². The highest BCUT2D eigenvalue weighted by atomic mass is 16.5. The Balaban J connectivity index is 0.682. The number of nitrogens with one attached hydrogen (secondary N) is 1. The number of carbonyl (C=O) groups is 3. The summed E-state index contributed by atoms with van der Waals surface area (Å²) in [7, 11) is 0. The van der Waals surface area contributed by atoms with Gasteiger partial charge in [0, 0.05) is 75.7 Å². The van der Waals surface area contributed by atoms with Gasteiger partial charge in [0.25, 0.3) is 5.91 Å². The number of piperidine rings is 1. The Hall–Kier alpha value is -5.97. The van der Waals surface area contributed by atoms with E-state index in [4.69, 9.17) is 14.2 Å². The lowest BCUT2D eigenvalue weighted by atomic mass is 9.69. The monoisotopic (exact) mass is 830 g/mol. The molecule has 1 N–H and O–H groups in total. The summed E-state index contributed by atoms with van der Waals surface area (Å²) in [5.41, 5.74) is 9.30. The maximum absolute atomic E-state index is 13.1. The van der Waals surface area contributed by atoms with Crippen molar-refractivity contribution in [3.63, 3.8) is 0 Å². The van der Waals surface area contributed by atoms with Crippen LogP contribution < -0.4 is 19.7 Å². The van der Waals surface area contributed by atoms with Gasteiger partial charge in [0.2, 0.25) is 11.8 Å². The minimum Gasteiger partial charge on any atom is -0.490 e. The van der Waals surface area contributed by atoms with Gasteiger partial charge in [-0.2, -0.15) is 0 Å². The molecule has 0 bridgehead atoms. The van der Waals surface area contributed by atoms with E-state index in [1.54, 1.807) is 4.90 Å². The third kappa shape index (κ3) is 8.59. The number of benzene rings is 5. The van der Waals surface area contributed by atoms with Crippen LogP contribution >= 0.6 is 0 Å². The Morgan fingerprint density at radius 1 is 0.677 bits per heavy atom. The van der Waals surface area contributed by atoms with Crippen molar-refractivity contribution < 1.29 is 28.6 Å². The van der Waals surface area contributed by atoms with E-state index in [1.807, 2.05) is 18.2 Å². The van der Waals surface area contributed by atoms with Crippen LogP contribution in [0.15, 0.2) is 121 Å². The fourth-order valence-electron chi connectivity index (χ4n) is 10.1. The van der Waals surface area contributed by atoms with E-state index in [0.717, 1.165) is 81.2 Å². The van der Waals surface area contributed by atoms with Gasteiger partial charge in [0.05, 0.1) is 12.7 Å². The molecule has 3 heterocycles. The fourth-order valence-corrected chi connectivity index (χ4v) is 10.1. The predicted octanol–water partition coefficient (Wildman–Crippen LogP) is 7.64. The lowest BCUT2D eigenvalue weighted by Crippen LogP contribution is -2.52. The summed E-state index contributed by atoms with van der Waals surface area (Å²) in [6.45, 7) is 6.23. The zero-order valence-corrected chi connectivity index (χ0v) is 35.1. The standard InChI is InChI=1S/C52H54N4O6/c57-49-22-21-48(51(58)53-49)56-33-39-29-40(14-19-47(39)52(56)59)55-25-23-54(24-26-55)27-28-60-43-31-44(32-43)62-41-15-11-37(12-16-41)50-45(36-9-5-2-6-10-36)18-13-38-30-42(17-20-46(38)50)61-34-35-7-3-1-4-8-35/h1-12,14-17,19-20,29-30,43-45,48,50H,13,18,21-28,31-34H2,(H,53,57,58)/t43-,44-,45-,48?,50+/m1/s1. The van der Waals surface area contributed by atoms with Crippen LogP contribution in [0.5, 0.6) is 11.5 Å². The van der Waals surface area contributed by atoms with Crippen LogP contribution in [-0.2, 0) is 33.9 Å². The quantitative estimate of drug-likeness (QED) is 0.121. The number of aryl methyl sites for hydroxylation is 1. The lowest BCUT2D eigenvalue weighted by Gasteiger charge is -2.38. The average Bonchev–Trinajstić information content (AvgIpc) is 3.62. The molecule has 5 aromatic rings. The molecule has 62 heavy (non-hydrogen) atoms. The van der Waals surface area contributed by atoms with Crippen LogP contribution in [0.2, 0.25) is 0 Å². The summed E-state index contributed by atoms with van der Waals surface area (Å²) < 4.78 is 19.0. The number of ether oxygens (including phenoxy) is 3. The van der Waals surface area contributed by atoms with Crippen molar-refractivity contribution in [1.82, 2.24) is 15.1 Å². The highest BCUT2D eigenvalue weighted by Crippen LogP contribution is 2.47. The summed E-state index contributed by atoms with van der Waals surface area (Å²) in [5.74, 6) is 1.68. The number of amides is 3. The number of imide groups is 1. The highest BCUT2D eigenvalue weighted by molar-refractivity contribution is 6.05. The van der Waals surface area contributed by atoms with Crippen LogP contribution in [-0.4, -0.2) is 85.1 Å². The van der Waals surface area contributed by atoms with Gasteiger partial charge in [-0.3, -0.25) is 24.6 Å². The zero-order valence-electron chi connectivity index (χ0n) is 35.1. The first-order chi connectivity index (χ1) is 30.4. The molecule has 3 aliphatic heterocycles. The highest BCUT2D eigenvalue weighted by Gasteiger charge is 2.40. The second-order valence-electron chi connectivity index (χ2n) is 17.5. The summed E-state index contributed by atoms with van der Waals surface area (Å²) in [6.07, 6.45) is 4.91. The Bertz CT molecular complexity index is 2390. The van der Waals surface area contributed by atoms with Gasteiger partial charge in [0.1, 0.15) is 30.3 Å². The Morgan fingerprint density at radius 2 is 1.44 bits per heavy atom. The summed E-state index contributed by atoms with van der Waals surface area (Å²) >= 11 is 0. The van der Waals surface area contributed by atoms with E-state index in [1.165, 1.54) is 27.8 Å². The van der Waals surface area contributed by atoms with Crippen molar-refractivity contribution in [1.29, 1.82) is 0 Å². The molecule has 10 nitrogen and oxygen atoms in total. The number of hydrogen-bond acceptors (Lipinski definition) is 8. The molecule has 3 atom stereocenters. The van der Waals surface area contributed by atoms with Crippen molar-refractivity contribution >= 4 is 23.4 Å². The minimum atomic E-state index is -0.597. The summed E-state index contributed by atoms with van der Waals surface area (Å²) in [5, 5.41) is 2.38. The second-order valence-corrected chi connectivity index (χ2v) is 17.5. The van der Waals surface area contributed by atoms with Crippen LogP contribution in [0.25, 0.3) is 0 Å². The third-order valence-corrected chi connectivity index (χ3v) is 13.7. The molecule has 5 aliphatic rings. The number of nitrogens with zero attached hydrogens (tertiary/aromatic N) is 3. The molecule has 1 unspecified atom stereocenters. The van der Waals surface area contributed by atoms with Crippen molar-refractivity contribution in [3.8, 4) is 11.5 Å². The maximum atomic E-state index is 13.1. The third-order valence-electron chi connectivity index (χ3n) is 13.7. The molecule has 10 rings (SSSR count). The molecule has 5 aromatic carbocycles. The van der Waals surface area contributed by atoms with E-state index in [-0.39, 0.29) is 42.3 Å². The van der Waals surface area contributed by atoms with Crippen LogP contribution in [0.3, 0.4) is 0 Å². The zero-order chi connectivity index (χ0) is 42.0. The van der Waals surface area contributed by atoms with Gasteiger partial charge in [-0.05, 0) is 101 Å². The topological polar surface area (TPSA) is 101 Å². The van der Waals surface area contributed by atoms with Gasteiger partial charge in [-0.1, -0.05) is 78.9 Å². The number of fused-ring (bicyclic) bond motifs is 2. The molecule has 3 fully saturated rings. The van der Waals surface area contributed by atoms with E-state index >= 15 is 0 Å². The first-order valence-corrected chi connectivity index (χ1v) is 22.4. The summed E-state index contributed by atoms with van der Waals surface area (Å²) in [6, 6.07) is 42.2. The number of carbonyl (C=O) groups excluding carboxylic acids is 3. The Morgan fingerprint density at radius 3 is 2.21 bits per heavy atom. The fraction of sp³-hybridized carbons (Fsp3) is 0.365. The molecule has 2 saturated heterocycles. The number of anilines is 1. The molecule has 318 valence electrons. The van der Waals surface area contributed by atoms with Gasteiger partial charge < -0.3 is 24.0 Å².